The van der Waals surface area contributed by atoms with Crippen LogP contribution in [0.25, 0.3) is 0 Å². The van der Waals surface area contributed by atoms with Crippen molar-refractivity contribution >= 4 is 27.3 Å². The summed E-state index contributed by atoms with van der Waals surface area (Å²) in [4.78, 5) is 4.56. The molecule has 0 amide bonds. The fourth-order valence-corrected chi connectivity index (χ4v) is 2.80. The molecule has 3 nitrogen and oxygen atoms in total. The van der Waals surface area contributed by atoms with Crippen molar-refractivity contribution in [3.05, 3.63) is 44.8 Å². The van der Waals surface area contributed by atoms with Crippen LogP contribution >= 0.6 is 27.3 Å². The van der Waals surface area contributed by atoms with Crippen LogP contribution in [-0.2, 0) is 13.2 Å². The van der Waals surface area contributed by atoms with Gasteiger partial charge in [0.25, 0.3) is 0 Å². The van der Waals surface area contributed by atoms with E-state index < -0.39 is 0 Å². The summed E-state index contributed by atoms with van der Waals surface area (Å²) in [6.45, 7) is 6.76. The number of nitrogens with one attached hydrogen (secondary N) is 1. The molecule has 1 heterocycles. The Morgan fingerprint density at radius 1 is 1.40 bits per heavy atom. The molecule has 0 saturated carbocycles. The second kappa shape index (κ2) is 7.76. The van der Waals surface area contributed by atoms with Gasteiger partial charge >= 0.3 is 0 Å². The van der Waals surface area contributed by atoms with Gasteiger partial charge in [-0.25, -0.2) is 4.98 Å². The number of hydrogen-bond acceptors (Lipinski definition) is 4. The summed E-state index contributed by atoms with van der Waals surface area (Å²) in [7, 11) is 0. The molecule has 0 fully saturated rings. The lowest BCUT2D eigenvalue weighted by Crippen LogP contribution is -2.18. The van der Waals surface area contributed by atoms with Crippen molar-refractivity contribution in [2.24, 2.45) is 5.92 Å². The van der Waals surface area contributed by atoms with Gasteiger partial charge in [0.2, 0.25) is 0 Å². The van der Waals surface area contributed by atoms with Crippen LogP contribution in [0.1, 0.15) is 24.5 Å². The fourth-order valence-electron chi connectivity index (χ4n) is 1.68. The lowest BCUT2D eigenvalue weighted by Gasteiger charge is -2.05. The van der Waals surface area contributed by atoms with E-state index in [1.54, 1.807) is 11.3 Å². The zero-order valence-electron chi connectivity index (χ0n) is 11.7. The monoisotopic (exact) mass is 354 g/mol. The van der Waals surface area contributed by atoms with Crippen molar-refractivity contribution in [1.82, 2.24) is 10.3 Å². The molecule has 0 unspecified atom stereocenters. The van der Waals surface area contributed by atoms with Gasteiger partial charge in [-0.15, -0.1) is 11.3 Å². The second-order valence-electron chi connectivity index (χ2n) is 5.00. The van der Waals surface area contributed by atoms with Crippen LogP contribution in [-0.4, -0.2) is 11.5 Å². The lowest BCUT2D eigenvalue weighted by molar-refractivity contribution is 0.301. The summed E-state index contributed by atoms with van der Waals surface area (Å²) in [5.74, 6) is 1.51. The quantitative estimate of drug-likeness (QED) is 0.807. The van der Waals surface area contributed by atoms with Crippen molar-refractivity contribution in [2.75, 3.05) is 6.54 Å². The van der Waals surface area contributed by atoms with Crippen LogP contribution < -0.4 is 10.1 Å². The van der Waals surface area contributed by atoms with Crippen molar-refractivity contribution in [3.8, 4) is 5.75 Å². The van der Waals surface area contributed by atoms with E-state index in [-0.39, 0.29) is 0 Å². The zero-order chi connectivity index (χ0) is 14.4. The third-order valence-corrected chi connectivity index (χ3v) is 4.00. The number of nitrogens with zero attached hydrogens (tertiary/aromatic N) is 1. The minimum absolute atomic E-state index is 0.511. The van der Waals surface area contributed by atoms with Crippen molar-refractivity contribution in [1.29, 1.82) is 0 Å². The van der Waals surface area contributed by atoms with Gasteiger partial charge in [0, 0.05) is 16.4 Å². The molecule has 1 N–H and O–H groups in total. The first kappa shape index (κ1) is 15.5. The Morgan fingerprint density at radius 2 is 2.25 bits per heavy atom. The number of benzene rings is 1. The molecular formula is C15H19BrN2OS. The summed E-state index contributed by atoms with van der Waals surface area (Å²) in [6.07, 6.45) is 0. The molecule has 0 atom stereocenters. The van der Waals surface area contributed by atoms with Crippen LogP contribution in [0.4, 0.5) is 0 Å². The largest absolute Gasteiger partial charge is 0.487 e. The molecule has 2 rings (SSSR count). The molecule has 1 aromatic heterocycles. The Hall–Kier alpha value is -0.910. The van der Waals surface area contributed by atoms with Crippen LogP contribution in [0.15, 0.2) is 34.1 Å². The SMILES string of the molecule is CC(C)CNCc1nc(COc2cccc(Br)c2)cs1. The van der Waals surface area contributed by atoms with E-state index in [9.17, 15) is 0 Å². The highest BCUT2D eigenvalue weighted by Gasteiger charge is 2.03. The topological polar surface area (TPSA) is 34.2 Å². The zero-order valence-corrected chi connectivity index (χ0v) is 14.1. The summed E-state index contributed by atoms with van der Waals surface area (Å²) in [6, 6.07) is 7.84. The van der Waals surface area contributed by atoms with Gasteiger partial charge in [-0.05, 0) is 30.7 Å². The second-order valence-corrected chi connectivity index (χ2v) is 6.86. The van der Waals surface area contributed by atoms with E-state index in [2.05, 4.69) is 45.5 Å². The standard InChI is InChI=1S/C15H19BrN2OS/c1-11(2)7-17-8-15-18-13(10-20-15)9-19-14-5-3-4-12(16)6-14/h3-6,10-11,17H,7-9H2,1-2H3. The summed E-state index contributed by atoms with van der Waals surface area (Å²) >= 11 is 5.11. The van der Waals surface area contributed by atoms with Gasteiger partial charge in [-0.2, -0.15) is 0 Å². The van der Waals surface area contributed by atoms with Crippen molar-refractivity contribution in [3.63, 3.8) is 0 Å². The van der Waals surface area contributed by atoms with Gasteiger partial charge in [0.05, 0.1) is 5.69 Å². The molecule has 20 heavy (non-hydrogen) atoms. The number of hydrogen-bond donors (Lipinski definition) is 1. The number of ether oxygens (including phenoxy) is 1. The number of thiazole rings is 1. The normalized spacial score (nSPS) is 11.0. The van der Waals surface area contributed by atoms with E-state index in [1.807, 2.05) is 24.3 Å². The Bertz CT molecular complexity index is 542. The molecule has 108 valence electrons. The molecule has 2 aromatic rings. The first-order valence-electron chi connectivity index (χ1n) is 6.66. The predicted octanol–water partition coefficient (Wildman–Crippen LogP) is 4.23. The first-order chi connectivity index (χ1) is 9.63. The highest BCUT2D eigenvalue weighted by Crippen LogP contribution is 2.19. The van der Waals surface area contributed by atoms with Gasteiger partial charge in [0.1, 0.15) is 17.4 Å². The smallest absolute Gasteiger partial charge is 0.131 e. The third-order valence-electron chi connectivity index (χ3n) is 2.61. The average Bonchev–Trinajstić information content (AvgIpc) is 2.84. The third kappa shape index (κ3) is 5.23. The maximum Gasteiger partial charge on any atom is 0.131 e. The van der Waals surface area contributed by atoms with Gasteiger partial charge < -0.3 is 10.1 Å². The van der Waals surface area contributed by atoms with E-state index >= 15 is 0 Å². The number of aromatic nitrogens is 1. The Balaban J connectivity index is 1.80. The predicted molar refractivity (Wildman–Crippen MR) is 87.1 cm³/mol. The molecule has 0 saturated heterocycles. The van der Waals surface area contributed by atoms with E-state index in [0.29, 0.717) is 12.5 Å². The summed E-state index contributed by atoms with van der Waals surface area (Å²) < 4.78 is 6.74. The average molecular weight is 355 g/mol. The summed E-state index contributed by atoms with van der Waals surface area (Å²) in [5.41, 5.74) is 0.983. The van der Waals surface area contributed by atoms with E-state index in [4.69, 9.17) is 4.74 Å². The van der Waals surface area contributed by atoms with Crippen LogP contribution in [0.2, 0.25) is 0 Å². The highest BCUT2D eigenvalue weighted by atomic mass is 79.9. The Morgan fingerprint density at radius 3 is 3.00 bits per heavy atom. The maximum absolute atomic E-state index is 5.72. The fraction of sp³-hybridized carbons (Fsp3) is 0.400. The van der Waals surface area contributed by atoms with Crippen LogP contribution in [0, 0.1) is 5.92 Å². The minimum atomic E-state index is 0.511. The van der Waals surface area contributed by atoms with E-state index in [1.165, 1.54) is 0 Å². The van der Waals surface area contributed by atoms with Crippen molar-refractivity contribution < 1.29 is 4.74 Å². The molecule has 1 aromatic carbocycles. The first-order valence-corrected chi connectivity index (χ1v) is 8.33. The Kier molecular flexibility index (Phi) is 6.01. The molecule has 0 spiro atoms. The van der Waals surface area contributed by atoms with Gasteiger partial charge in [-0.1, -0.05) is 35.8 Å². The molecule has 0 radical (unpaired) electrons. The molecule has 0 aliphatic rings. The number of rotatable bonds is 7. The van der Waals surface area contributed by atoms with Crippen molar-refractivity contribution in [2.45, 2.75) is 27.0 Å². The van der Waals surface area contributed by atoms with Gasteiger partial charge in [0.15, 0.2) is 0 Å². The Labute approximate surface area is 132 Å². The maximum atomic E-state index is 5.72. The minimum Gasteiger partial charge on any atom is -0.487 e. The van der Waals surface area contributed by atoms with Crippen LogP contribution in [0.5, 0.6) is 5.75 Å². The highest BCUT2D eigenvalue weighted by molar-refractivity contribution is 9.10. The van der Waals surface area contributed by atoms with E-state index in [0.717, 1.165) is 34.0 Å². The summed E-state index contributed by atoms with van der Waals surface area (Å²) in [5, 5.41) is 6.57. The molecule has 0 aliphatic heterocycles. The molecule has 0 aliphatic carbocycles. The number of halogens is 1. The van der Waals surface area contributed by atoms with Crippen LogP contribution in [0.3, 0.4) is 0 Å². The molecule has 0 bridgehead atoms. The molecule has 5 heteroatoms. The lowest BCUT2D eigenvalue weighted by atomic mass is 10.2. The molecular weight excluding hydrogens is 336 g/mol. The van der Waals surface area contributed by atoms with Gasteiger partial charge in [-0.3, -0.25) is 0 Å².